The molecule has 0 fully saturated rings. The maximum atomic E-state index is 12.5. The predicted octanol–water partition coefficient (Wildman–Crippen LogP) is 4.71. The fraction of sp³-hybridized carbons (Fsp3) is 0.389. The van der Waals surface area contributed by atoms with Crippen LogP contribution >= 0.6 is 23.2 Å². The van der Waals surface area contributed by atoms with Gasteiger partial charge in [-0.25, -0.2) is 0 Å². The summed E-state index contributed by atoms with van der Waals surface area (Å²) in [5, 5.41) is 0.947. The second-order valence-electron chi connectivity index (χ2n) is 5.60. The number of halogens is 2. The highest BCUT2D eigenvalue weighted by atomic mass is 35.5. The first-order chi connectivity index (χ1) is 11.4. The Balaban J connectivity index is 2.05. The van der Waals surface area contributed by atoms with Crippen molar-refractivity contribution >= 4 is 29.0 Å². The molecule has 1 aromatic heterocycles. The normalized spacial score (nSPS) is 10.9. The van der Waals surface area contributed by atoms with Crippen molar-refractivity contribution < 1.29 is 14.3 Å². The van der Waals surface area contributed by atoms with Crippen molar-refractivity contribution in [2.24, 2.45) is 0 Å². The molecule has 0 saturated heterocycles. The van der Waals surface area contributed by atoms with E-state index in [4.69, 9.17) is 32.7 Å². The summed E-state index contributed by atoms with van der Waals surface area (Å²) in [6.45, 7) is 5.40. The average molecular weight is 370 g/mol. The zero-order valence-electron chi connectivity index (χ0n) is 14.1. The van der Waals surface area contributed by atoms with Gasteiger partial charge >= 0.3 is 0 Å². The summed E-state index contributed by atoms with van der Waals surface area (Å²) in [6, 6.07) is 6.79. The molecule has 0 atom stereocenters. The molecule has 0 bridgehead atoms. The van der Waals surface area contributed by atoms with Crippen LogP contribution in [0.25, 0.3) is 0 Å². The van der Waals surface area contributed by atoms with Gasteiger partial charge in [-0.3, -0.25) is 4.79 Å². The first-order valence-corrected chi connectivity index (χ1v) is 8.45. The maximum absolute atomic E-state index is 12.5. The maximum Gasteiger partial charge on any atom is 0.202 e. The number of carbonyl (C=O) groups is 1. The number of rotatable bonds is 8. The lowest BCUT2D eigenvalue weighted by molar-refractivity contribution is 0.0920. The molecule has 2 rings (SSSR count). The first-order valence-electron chi connectivity index (χ1n) is 7.70. The summed E-state index contributed by atoms with van der Waals surface area (Å²) in [7, 11) is 1.68. The van der Waals surface area contributed by atoms with Crippen molar-refractivity contribution in [3.05, 3.63) is 51.3 Å². The molecular formula is C18H21Cl2NO3. The zero-order chi connectivity index (χ0) is 17.7. The van der Waals surface area contributed by atoms with Gasteiger partial charge in [0.2, 0.25) is 5.78 Å². The number of methoxy groups -OCH3 is 1. The largest absolute Gasteiger partial charge is 0.485 e. The predicted molar refractivity (Wildman–Crippen MR) is 96.7 cm³/mol. The SMILES string of the molecule is COCCCn1c(C)cc(C(=O)COc2cc(Cl)cc(Cl)c2)c1C. The van der Waals surface area contributed by atoms with E-state index in [1.807, 2.05) is 19.9 Å². The van der Waals surface area contributed by atoms with E-state index in [0.717, 1.165) is 24.4 Å². The van der Waals surface area contributed by atoms with Gasteiger partial charge in [-0.05, 0) is 44.5 Å². The number of ketones is 1. The van der Waals surface area contributed by atoms with E-state index >= 15 is 0 Å². The third-order valence-corrected chi connectivity index (χ3v) is 4.25. The molecule has 0 unspecified atom stereocenters. The molecule has 2 aromatic rings. The molecule has 0 spiro atoms. The molecule has 0 aliphatic rings. The van der Waals surface area contributed by atoms with E-state index in [1.165, 1.54) is 0 Å². The molecule has 1 heterocycles. The average Bonchev–Trinajstić information content (AvgIpc) is 2.80. The molecule has 0 amide bonds. The van der Waals surface area contributed by atoms with Crippen LogP contribution in [0.5, 0.6) is 5.75 Å². The lowest BCUT2D eigenvalue weighted by Crippen LogP contribution is -2.13. The van der Waals surface area contributed by atoms with Crippen molar-refractivity contribution in [3.8, 4) is 5.75 Å². The van der Waals surface area contributed by atoms with Gasteiger partial charge in [0.05, 0.1) is 0 Å². The van der Waals surface area contributed by atoms with Crippen LogP contribution < -0.4 is 4.74 Å². The second-order valence-corrected chi connectivity index (χ2v) is 6.47. The minimum atomic E-state index is -0.0720. The quantitative estimate of drug-likeness (QED) is 0.499. The Morgan fingerprint density at radius 2 is 1.79 bits per heavy atom. The Morgan fingerprint density at radius 3 is 2.42 bits per heavy atom. The molecule has 24 heavy (non-hydrogen) atoms. The molecular weight excluding hydrogens is 349 g/mol. The van der Waals surface area contributed by atoms with Gasteiger partial charge in [-0.2, -0.15) is 0 Å². The number of benzene rings is 1. The molecule has 0 aliphatic heterocycles. The Kier molecular flexibility index (Phi) is 6.72. The van der Waals surface area contributed by atoms with Crippen LogP contribution in [0, 0.1) is 13.8 Å². The van der Waals surface area contributed by atoms with Crippen LogP contribution in [0.15, 0.2) is 24.3 Å². The zero-order valence-corrected chi connectivity index (χ0v) is 15.6. The molecule has 4 nitrogen and oxygen atoms in total. The molecule has 0 radical (unpaired) electrons. The third kappa shape index (κ3) is 4.76. The van der Waals surface area contributed by atoms with Crippen LogP contribution in [0.1, 0.15) is 28.2 Å². The first kappa shape index (κ1) is 18.8. The molecule has 0 saturated carbocycles. The van der Waals surface area contributed by atoms with Crippen LogP contribution in [-0.2, 0) is 11.3 Å². The molecule has 6 heteroatoms. The topological polar surface area (TPSA) is 40.5 Å². The number of aryl methyl sites for hydroxylation is 1. The Hall–Kier alpha value is -1.49. The highest BCUT2D eigenvalue weighted by Crippen LogP contribution is 2.24. The Morgan fingerprint density at radius 1 is 1.12 bits per heavy atom. The highest BCUT2D eigenvalue weighted by molar-refractivity contribution is 6.34. The number of nitrogens with zero attached hydrogens (tertiary/aromatic N) is 1. The lowest BCUT2D eigenvalue weighted by atomic mass is 10.1. The summed E-state index contributed by atoms with van der Waals surface area (Å²) in [5.74, 6) is 0.409. The summed E-state index contributed by atoms with van der Waals surface area (Å²) < 4.78 is 12.7. The molecule has 130 valence electrons. The van der Waals surface area contributed by atoms with E-state index in [2.05, 4.69) is 4.57 Å². The van der Waals surface area contributed by atoms with Crippen molar-refractivity contribution in [1.29, 1.82) is 0 Å². The number of ether oxygens (including phenoxy) is 2. The van der Waals surface area contributed by atoms with E-state index in [-0.39, 0.29) is 12.4 Å². The van der Waals surface area contributed by atoms with Crippen LogP contribution in [-0.4, -0.2) is 30.7 Å². The molecule has 0 aliphatic carbocycles. The minimum Gasteiger partial charge on any atom is -0.485 e. The number of carbonyl (C=O) groups excluding carboxylic acids is 1. The van der Waals surface area contributed by atoms with Crippen LogP contribution in [0.2, 0.25) is 10.0 Å². The summed E-state index contributed by atoms with van der Waals surface area (Å²) in [5.41, 5.74) is 2.68. The summed E-state index contributed by atoms with van der Waals surface area (Å²) in [4.78, 5) is 12.5. The van der Waals surface area contributed by atoms with Crippen molar-refractivity contribution in [2.45, 2.75) is 26.8 Å². The molecule has 0 N–H and O–H groups in total. The van der Waals surface area contributed by atoms with Crippen LogP contribution in [0.3, 0.4) is 0 Å². The van der Waals surface area contributed by atoms with Gasteiger partial charge in [0, 0.05) is 47.3 Å². The number of aromatic nitrogens is 1. The lowest BCUT2D eigenvalue weighted by Gasteiger charge is -2.10. The molecule has 1 aromatic carbocycles. The second kappa shape index (κ2) is 8.56. The monoisotopic (exact) mass is 369 g/mol. The van der Waals surface area contributed by atoms with Gasteiger partial charge in [0.1, 0.15) is 5.75 Å². The minimum absolute atomic E-state index is 0.0565. The number of hydrogen-bond acceptors (Lipinski definition) is 3. The smallest absolute Gasteiger partial charge is 0.202 e. The fourth-order valence-corrected chi connectivity index (χ4v) is 3.14. The van der Waals surface area contributed by atoms with Gasteiger partial charge in [-0.15, -0.1) is 0 Å². The summed E-state index contributed by atoms with van der Waals surface area (Å²) in [6.07, 6.45) is 0.901. The highest BCUT2D eigenvalue weighted by Gasteiger charge is 2.16. The Bertz CT molecular complexity index is 705. The van der Waals surface area contributed by atoms with E-state index in [1.54, 1.807) is 25.3 Å². The fourth-order valence-electron chi connectivity index (χ4n) is 2.63. The van der Waals surface area contributed by atoms with Crippen molar-refractivity contribution in [3.63, 3.8) is 0 Å². The van der Waals surface area contributed by atoms with Crippen LogP contribution in [0.4, 0.5) is 0 Å². The van der Waals surface area contributed by atoms with Crippen molar-refractivity contribution in [2.75, 3.05) is 20.3 Å². The van der Waals surface area contributed by atoms with Gasteiger partial charge in [-0.1, -0.05) is 23.2 Å². The van der Waals surface area contributed by atoms with Gasteiger partial charge in [0.15, 0.2) is 6.61 Å². The Labute approximate surface area is 152 Å². The summed E-state index contributed by atoms with van der Waals surface area (Å²) >= 11 is 11.9. The van der Waals surface area contributed by atoms with Gasteiger partial charge in [0.25, 0.3) is 0 Å². The van der Waals surface area contributed by atoms with Gasteiger partial charge < -0.3 is 14.0 Å². The van der Waals surface area contributed by atoms with E-state index in [9.17, 15) is 4.79 Å². The number of Topliss-reactive ketones (excluding diaryl/α,β-unsaturated/α-hetero) is 1. The standard InChI is InChI=1S/C18H21Cl2NO3/c1-12-7-17(13(2)21(12)5-4-6-23-3)18(22)11-24-16-9-14(19)8-15(20)10-16/h7-10H,4-6,11H2,1-3H3. The van der Waals surface area contributed by atoms with E-state index in [0.29, 0.717) is 28.0 Å². The third-order valence-electron chi connectivity index (χ3n) is 3.81. The van der Waals surface area contributed by atoms with Crippen molar-refractivity contribution in [1.82, 2.24) is 4.57 Å². The number of hydrogen-bond donors (Lipinski definition) is 0. The van der Waals surface area contributed by atoms with E-state index < -0.39 is 0 Å².